The number of phenols is 1. The fraction of sp³-hybridized carbons (Fsp3) is 0.645. The Kier molecular flexibility index (Phi) is 8.67. The standard InChI is InChI=1S/C31H43N3O8/c1-30-12-10-20(16-19(30)5-6-21-22-7-9-27(36)31(22,2)13-11-23(21)30)33-42-17-28(37)32-24(29(38)41-3)14-18-4-8-26(35)25(15-18)34(39)40/h4,8,15-16,21-24,27,34-36,39H,5-7,9-14,17H2,1-3H3,(H,32,37)/t21?,22?,23?,24?,27?,30-,31-/m0/s1. The summed E-state index contributed by atoms with van der Waals surface area (Å²) >= 11 is 0. The van der Waals surface area contributed by atoms with E-state index in [9.17, 15) is 30.2 Å². The van der Waals surface area contributed by atoms with Crippen LogP contribution in [0.4, 0.5) is 5.69 Å². The van der Waals surface area contributed by atoms with Crippen molar-refractivity contribution in [1.82, 2.24) is 5.32 Å². The molecule has 0 bridgehead atoms. The summed E-state index contributed by atoms with van der Waals surface area (Å²) in [5.41, 5.74) is 2.53. The first-order chi connectivity index (χ1) is 20.0. The number of aliphatic hydroxyl groups is 1. The van der Waals surface area contributed by atoms with Crippen molar-refractivity contribution in [2.75, 3.05) is 13.7 Å². The van der Waals surface area contributed by atoms with Gasteiger partial charge in [0, 0.05) is 12.5 Å². The Morgan fingerprint density at radius 2 is 1.95 bits per heavy atom. The fourth-order valence-electron chi connectivity index (χ4n) is 8.48. The van der Waals surface area contributed by atoms with Gasteiger partial charge in [0.1, 0.15) is 6.04 Å². The van der Waals surface area contributed by atoms with E-state index in [4.69, 9.17) is 9.57 Å². The van der Waals surface area contributed by atoms with Crippen molar-refractivity contribution in [3.63, 3.8) is 0 Å². The highest BCUT2D eigenvalue weighted by Gasteiger charge is 2.58. The van der Waals surface area contributed by atoms with E-state index in [0.717, 1.165) is 57.1 Å². The van der Waals surface area contributed by atoms with E-state index >= 15 is 0 Å². The number of benzene rings is 1. The molecule has 0 spiro atoms. The second kappa shape index (κ2) is 11.9. The van der Waals surface area contributed by atoms with E-state index in [0.29, 0.717) is 23.3 Å². The Labute approximate surface area is 246 Å². The van der Waals surface area contributed by atoms with Gasteiger partial charge in [-0.25, -0.2) is 10.0 Å². The molecule has 0 heterocycles. The van der Waals surface area contributed by atoms with Crippen LogP contribution < -0.4 is 10.5 Å². The van der Waals surface area contributed by atoms with Crippen molar-refractivity contribution in [2.45, 2.75) is 83.8 Å². The first-order valence-corrected chi connectivity index (χ1v) is 15.0. The lowest BCUT2D eigenvalue weighted by Crippen LogP contribution is -2.99. The minimum Gasteiger partial charge on any atom is -0.595 e. The largest absolute Gasteiger partial charge is 0.595 e. The topological polar surface area (TPSA) is 165 Å². The van der Waals surface area contributed by atoms with Crippen molar-refractivity contribution in [1.29, 1.82) is 0 Å². The summed E-state index contributed by atoms with van der Waals surface area (Å²) in [6, 6.07) is 2.89. The Morgan fingerprint density at radius 3 is 2.69 bits per heavy atom. The molecule has 4 aliphatic carbocycles. The quantitative estimate of drug-likeness (QED) is 0.177. The van der Waals surface area contributed by atoms with Crippen LogP contribution in [0.25, 0.3) is 0 Å². The zero-order valence-corrected chi connectivity index (χ0v) is 24.6. The molecule has 1 amide bonds. The summed E-state index contributed by atoms with van der Waals surface area (Å²) in [5.74, 6) is 0.222. The molecule has 3 fully saturated rings. The maximum Gasteiger partial charge on any atom is 0.328 e. The number of oxime groups is 1. The third-order valence-corrected chi connectivity index (χ3v) is 10.9. The van der Waals surface area contributed by atoms with Gasteiger partial charge in [0.05, 0.1) is 18.9 Å². The number of nitrogens with one attached hydrogen (secondary N) is 2. The highest BCUT2D eigenvalue weighted by atomic mass is 16.8. The zero-order chi connectivity index (χ0) is 30.2. The van der Waals surface area contributed by atoms with Crippen molar-refractivity contribution < 1.29 is 39.8 Å². The number of quaternary nitrogens is 1. The van der Waals surface area contributed by atoms with Crippen LogP contribution in [-0.2, 0) is 25.6 Å². The van der Waals surface area contributed by atoms with Gasteiger partial charge in [-0.2, -0.15) is 5.23 Å². The summed E-state index contributed by atoms with van der Waals surface area (Å²) in [4.78, 5) is 30.4. The minimum absolute atomic E-state index is 0.0285. The minimum atomic E-state index is -1.30. The van der Waals surface area contributed by atoms with E-state index in [1.807, 2.05) is 0 Å². The molecule has 3 saturated carbocycles. The SMILES string of the molecule is COC(=O)C(Cc1ccc(O)c([NH+]([O-])O)c1)NC(=O)CON=C1C=C2CCC3C4CCC(O)[C@@]4(C)CCC3[C@@]2(C)CC1. The number of amides is 1. The van der Waals surface area contributed by atoms with Gasteiger partial charge in [0.25, 0.3) is 5.91 Å². The Hall–Kier alpha value is -2.99. The second-order valence-corrected chi connectivity index (χ2v) is 13.0. The Morgan fingerprint density at radius 1 is 1.17 bits per heavy atom. The summed E-state index contributed by atoms with van der Waals surface area (Å²) in [6.07, 6.45) is 10.1. The van der Waals surface area contributed by atoms with Gasteiger partial charge in [-0.1, -0.05) is 30.6 Å². The molecule has 11 heteroatoms. The summed E-state index contributed by atoms with van der Waals surface area (Å²) in [5, 5.41) is 46.5. The number of fused-ring (bicyclic) bond motifs is 5. The van der Waals surface area contributed by atoms with Crippen molar-refractivity contribution >= 4 is 23.3 Å². The third kappa shape index (κ3) is 5.67. The van der Waals surface area contributed by atoms with Crippen LogP contribution >= 0.6 is 0 Å². The molecule has 1 aromatic rings. The number of esters is 1. The van der Waals surface area contributed by atoms with Crippen LogP contribution in [0.15, 0.2) is 35.0 Å². The van der Waals surface area contributed by atoms with E-state index in [-0.39, 0.29) is 41.4 Å². The average molecular weight is 586 g/mol. The number of aromatic hydroxyl groups is 1. The number of methoxy groups -OCH3 is 1. The lowest BCUT2D eigenvalue weighted by atomic mass is 9.47. The number of carbonyl (C=O) groups is 2. The fourth-order valence-corrected chi connectivity index (χ4v) is 8.48. The molecule has 1 aromatic carbocycles. The van der Waals surface area contributed by atoms with Gasteiger partial charge in [-0.3, -0.25) is 4.79 Å². The molecule has 5 rings (SSSR count). The smallest absolute Gasteiger partial charge is 0.328 e. The summed E-state index contributed by atoms with van der Waals surface area (Å²) in [7, 11) is 1.20. The van der Waals surface area contributed by atoms with Gasteiger partial charge in [0.15, 0.2) is 12.4 Å². The van der Waals surface area contributed by atoms with Crippen molar-refractivity contribution in [2.24, 2.45) is 33.7 Å². The Bertz CT molecular complexity index is 1260. The first-order valence-electron chi connectivity index (χ1n) is 15.0. The van der Waals surface area contributed by atoms with E-state index in [1.165, 1.54) is 30.9 Å². The van der Waals surface area contributed by atoms with Crippen molar-refractivity contribution in [3.8, 4) is 5.75 Å². The number of hydrogen-bond acceptors (Lipinski definition) is 9. The molecule has 8 atom stereocenters. The number of phenolic OH excluding ortho intramolecular Hbond substituents is 1. The third-order valence-electron chi connectivity index (χ3n) is 10.9. The molecule has 5 N–H and O–H groups in total. The van der Waals surface area contributed by atoms with Crippen LogP contribution in [-0.4, -0.2) is 58.9 Å². The summed E-state index contributed by atoms with van der Waals surface area (Å²) < 4.78 is 4.81. The highest BCUT2D eigenvalue weighted by molar-refractivity contribution is 5.96. The molecule has 0 aliphatic heterocycles. The normalized spacial score (nSPS) is 34.3. The van der Waals surface area contributed by atoms with Crippen LogP contribution in [0.5, 0.6) is 5.75 Å². The molecular formula is C31H43N3O8. The van der Waals surface area contributed by atoms with Gasteiger partial charge in [-0.05, 0) is 97.7 Å². The van der Waals surface area contributed by atoms with Gasteiger partial charge < -0.3 is 30.3 Å². The number of allylic oxidation sites excluding steroid dienone is 2. The maximum atomic E-state index is 12.6. The number of hydrogen-bond donors (Lipinski definition) is 5. The van der Waals surface area contributed by atoms with Gasteiger partial charge in [-0.15, -0.1) is 0 Å². The number of ether oxygens (including phenoxy) is 1. The van der Waals surface area contributed by atoms with Crippen LogP contribution in [0.2, 0.25) is 0 Å². The average Bonchev–Trinajstić information content (AvgIpc) is 3.27. The molecule has 230 valence electrons. The molecule has 42 heavy (non-hydrogen) atoms. The molecule has 0 radical (unpaired) electrons. The second-order valence-electron chi connectivity index (χ2n) is 13.0. The van der Waals surface area contributed by atoms with E-state index in [2.05, 4.69) is 30.4 Å². The van der Waals surface area contributed by atoms with Gasteiger partial charge >= 0.3 is 5.97 Å². The number of aliphatic hydroxyl groups excluding tert-OH is 1. The maximum absolute atomic E-state index is 12.6. The Balaban J connectivity index is 1.19. The molecule has 6 unspecified atom stereocenters. The zero-order valence-electron chi connectivity index (χ0n) is 24.6. The van der Waals surface area contributed by atoms with Crippen LogP contribution in [0.1, 0.15) is 70.8 Å². The predicted octanol–water partition coefficient (Wildman–Crippen LogP) is 2.69. The van der Waals surface area contributed by atoms with Crippen LogP contribution in [0, 0.1) is 33.8 Å². The number of carbonyl (C=O) groups excluding carboxylic acids is 2. The van der Waals surface area contributed by atoms with E-state index < -0.39 is 23.1 Å². The molecule has 0 aromatic heterocycles. The molecule has 0 saturated heterocycles. The predicted molar refractivity (Wildman–Crippen MR) is 153 cm³/mol. The molecule has 11 nitrogen and oxygen atoms in total. The lowest BCUT2D eigenvalue weighted by molar-refractivity contribution is -0.991. The first kappa shape index (κ1) is 30.5. The van der Waals surface area contributed by atoms with Gasteiger partial charge in [0.2, 0.25) is 5.69 Å². The monoisotopic (exact) mass is 585 g/mol. The van der Waals surface area contributed by atoms with Crippen molar-refractivity contribution in [3.05, 3.63) is 40.6 Å². The lowest BCUT2D eigenvalue weighted by Gasteiger charge is -2.57. The highest BCUT2D eigenvalue weighted by Crippen LogP contribution is 2.65. The number of nitrogens with zero attached hydrogens (tertiary/aromatic N) is 1. The summed E-state index contributed by atoms with van der Waals surface area (Å²) in [6.45, 7) is 4.31. The van der Waals surface area contributed by atoms with E-state index in [1.54, 1.807) is 0 Å². The number of rotatable bonds is 8. The molecule has 4 aliphatic rings. The molecular weight excluding hydrogens is 542 g/mol. The van der Waals surface area contributed by atoms with Crippen LogP contribution in [0.3, 0.4) is 0 Å².